The fraction of sp³-hybridized carbons (Fsp3) is 0.150. The van der Waals surface area contributed by atoms with E-state index in [1.165, 1.54) is 18.2 Å². The second-order valence-corrected chi connectivity index (χ2v) is 6.62. The van der Waals surface area contributed by atoms with Gasteiger partial charge in [-0.05, 0) is 44.2 Å². The molecule has 2 aromatic carbocycles. The number of phenols is 2. The third-order valence-corrected chi connectivity index (χ3v) is 4.17. The summed E-state index contributed by atoms with van der Waals surface area (Å²) in [6, 6.07) is 9.32. The summed E-state index contributed by atoms with van der Waals surface area (Å²) in [5.41, 5.74) is 0.848. The van der Waals surface area contributed by atoms with E-state index < -0.39 is 11.2 Å². The average molecular weight is 336 g/mol. The van der Waals surface area contributed by atoms with Gasteiger partial charge >= 0.3 is 5.63 Å². The first-order valence-corrected chi connectivity index (χ1v) is 7.85. The number of fused-ring (bicyclic) bond motifs is 2. The molecule has 0 spiro atoms. The second kappa shape index (κ2) is 5.14. The molecule has 0 fully saturated rings. The molecule has 0 saturated heterocycles. The largest absolute Gasteiger partial charge is 0.508 e. The maximum Gasteiger partial charge on any atom is 0.344 e. The van der Waals surface area contributed by atoms with Crippen LogP contribution in [0.4, 0.5) is 0 Å². The van der Waals surface area contributed by atoms with Gasteiger partial charge in [-0.3, -0.25) is 0 Å². The van der Waals surface area contributed by atoms with Crippen LogP contribution in [0, 0.1) is 0 Å². The number of benzene rings is 2. The number of rotatable bonds is 1. The minimum Gasteiger partial charge on any atom is -0.508 e. The molecule has 5 nitrogen and oxygen atoms in total. The minimum absolute atomic E-state index is 0.0783. The van der Waals surface area contributed by atoms with Crippen molar-refractivity contribution < 1.29 is 19.4 Å². The molecule has 0 aliphatic carbocycles. The number of aromatic hydroxyl groups is 2. The number of hydrogen-bond donors (Lipinski definition) is 2. The van der Waals surface area contributed by atoms with E-state index in [-0.39, 0.29) is 17.1 Å². The first kappa shape index (κ1) is 15.3. The quantitative estimate of drug-likeness (QED) is 0.655. The minimum atomic E-state index is -0.570. The number of phenolic OH excluding ortho intramolecular Hbond substituents is 2. The van der Waals surface area contributed by atoms with Crippen molar-refractivity contribution in [2.75, 3.05) is 0 Å². The van der Waals surface area contributed by atoms with Crippen LogP contribution in [0.1, 0.15) is 19.4 Å². The zero-order chi connectivity index (χ0) is 17.8. The zero-order valence-electron chi connectivity index (χ0n) is 13.7. The first-order valence-electron chi connectivity index (χ1n) is 7.85. The van der Waals surface area contributed by atoms with Crippen LogP contribution in [-0.4, -0.2) is 15.8 Å². The van der Waals surface area contributed by atoms with E-state index in [0.29, 0.717) is 22.3 Å². The normalized spacial score (nSPS) is 15.0. The molecule has 4 rings (SSSR count). The van der Waals surface area contributed by atoms with E-state index in [9.17, 15) is 15.0 Å². The lowest BCUT2D eigenvalue weighted by atomic mass is 9.99. The molecule has 25 heavy (non-hydrogen) atoms. The Morgan fingerprint density at radius 2 is 1.80 bits per heavy atom. The first-order chi connectivity index (χ1) is 11.8. The predicted octanol–water partition coefficient (Wildman–Crippen LogP) is 4.06. The van der Waals surface area contributed by atoms with Gasteiger partial charge in [0.2, 0.25) is 0 Å². The fourth-order valence-corrected chi connectivity index (χ4v) is 2.93. The second-order valence-electron chi connectivity index (χ2n) is 6.62. The molecule has 126 valence electrons. The summed E-state index contributed by atoms with van der Waals surface area (Å²) in [5, 5.41) is 20.2. The monoisotopic (exact) mass is 336 g/mol. The lowest BCUT2D eigenvalue weighted by molar-refractivity contribution is 0.159. The summed E-state index contributed by atoms with van der Waals surface area (Å²) in [6.45, 7) is 3.90. The van der Waals surface area contributed by atoms with Crippen LogP contribution < -0.4 is 10.4 Å². The molecule has 5 heteroatoms. The summed E-state index contributed by atoms with van der Waals surface area (Å²) in [5.74, 6) is 0.392. The van der Waals surface area contributed by atoms with E-state index in [1.54, 1.807) is 12.1 Å². The summed E-state index contributed by atoms with van der Waals surface area (Å²) in [7, 11) is 0. The highest BCUT2D eigenvalue weighted by Crippen LogP contribution is 2.36. The van der Waals surface area contributed by atoms with E-state index in [4.69, 9.17) is 9.15 Å². The van der Waals surface area contributed by atoms with Crippen LogP contribution in [0.15, 0.2) is 51.7 Å². The van der Waals surface area contributed by atoms with Gasteiger partial charge in [-0.15, -0.1) is 0 Å². The summed E-state index contributed by atoms with van der Waals surface area (Å²) in [6.07, 6.45) is 3.94. The van der Waals surface area contributed by atoms with Crippen molar-refractivity contribution in [3.05, 3.63) is 58.5 Å². The lowest BCUT2D eigenvalue weighted by Crippen LogP contribution is -2.27. The smallest absolute Gasteiger partial charge is 0.344 e. The van der Waals surface area contributed by atoms with Crippen molar-refractivity contribution in [3.63, 3.8) is 0 Å². The number of ether oxygens (including phenoxy) is 1. The van der Waals surface area contributed by atoms with Gasteiger partial charge in [0.15, 0.2) is 0 Å². The highest BCUT2D eigenvalue weighted by Gasteiger charge is 2.23. The van der Waals surface area contributed by atoms with Gasteiger partial charge < -0.3 is 19.4 Å². The van der Waals surface area contributed by atoms with Gasteiger partial charge in [-0.1, -0.05) is 6.08 Å². The van der Waals surface area contributed by atoms with Gasteiger partial charge in [0.1, 0.15) is 28.4 Å². The highest BCUT2D eigenvalue weighted by atomic mass is 16.5. The Morgan fingerprint density at radius 1 is 1.00 bits per heavy atom. The van der Waals surface area contributed by atoms with Crippen molar-refractivity contribution in [2.24, 2.45) is 0 Å². The Labute approximate surface area is 143 Å². The molecule has 0 saturated carbocycles. The van der Waals surface area contributed by atoms with Crippen molar-refractivity contribution >= 4 is 17.0 Å². The Bertz CT molecular complexity index is 1090. The van der Waals surface area contributed by atoms with Crippen molar-refractivity contribution in [1.82, 2.24) is 0 Å². The maximum atomic E-state index is 12.4. The summed E-state index contributed by atoms with van der Waals surface area (Å²) >= 11 is 0. The van der Waals surface area contributed by atoms with E-state index in [2.05, 4.69) is 0 Å². The molecule has 1 aliphatic heterocycles. The van der Waals surface area contributed by atoms with Crippen molar-refractivity contribution in [2.45, 2.75) is 19.4 Å². The molecule has 2 heterocycles. The third kappa shape index (κ3) is 2.63. The average Bonchev–Trinajstić information content (AvgIpc) is 2.52. The van der Waals surface area contributed by atoms with E-state index in [0.717, 1.165) is 5.56 Å². The van der Waals surface area contributed by atoms with Gasteiger partial charge in [0.05, 0.1) is 5.56 Å². The van der Waals surface area contributed by atoms with Crippen LogP contribution in [-0.2, 0) is 0 Å². The van der Waals surface area contributed by atoms with Crippen LogP contribution in [0.2, 0.25) is 0 Å². The molecule has 3 aromatic rings. The fourth-order valence-electron chi connectivity index (χ4n) is 2.93. The molecule has 1 aromatic heterocycles. The molecule has 0 bridgehead atoms. The van der Waals surface area contributed by atoms with Crippen LogP contribution in [0.25, 0.3) is 28.2 Å². The van der Waals surface area contributed by atoms with Crippen LogP contribution in [0.5, 0.6) is 17.2 Å². The van der Waals surface area contributed by atoms with Crippen molar-refractivity contribution in [3.8, 4) is 28.4 Å². The van der Waals surface area contributed by atoms with Crippen LogP contribution >= 0.6 is 0 Å². The Morgan fingerprint density at radius 3 is 2.56 bits per heavy atom. The van der Waals surface area contributed by atoms with Gasteiger partial charge in [0.25, 0.3) is 0 Å². The Kier molecular flexibility index (Phi) is 3.15. The maximum absolute atomic E-state index is 12.4. The van der Waals surface area contributed by atoms with E-state index in [1.807, 2.05) is 32.1 Å². The highest BCUT2D eigenvalue weighted by molar-refractivity contribution is 5.87. The molecular weight excluding hydrogens is 320 g/mol. The summed E-state index contributed by atoms with van der Waals surface area (Å²) in [4.78, 5) is 12.4. The Balaban J connectivity index is 1.92. The zero-order valence-corrected chi connectivity index (χ0v) is 13.7. The molecule has 2 N–H and O–H groups in total. The topological polar surface area (TPSA) is 79.9 Å². The SMILES string of the molecule is CC1(C)C=Cc2cc3cc(-c4ccc(O)cc4O)c(=O)oc3cc2O1. The molecule has 0 atom stereocenters. The van der Waals surface area contributed by atoms with Gasteiger partial charge in [0, 0.05) is 28.6 Å². The molecule has 1 aliphatic rings. The molecular formula is C20H16O5. The van der Waals surface area contributed by atoms with Crippen molar-refractivity contribution in [1.29, 1.82) is 0 Å². The predicted molar refractivity (Wildman–Crippen MR) is 95.0 cm³/mol. The standard InChI is InChI=1S/C20H16O5/c1-20(2)6-5-11-7-12-8-15(14-4-3-13(21)9-16(14)22)19(23)24-17(12)10-18(11)25-20/h3-10,21-22H,1-2H3. The Hall–Kier alpha value is -3.21. The van der Waals surface area contributed by atoms with Gasteiger partial charge in [-0.25, -0.2) is 4.79 Å². The molecule has 0 amide bonds. The summed E-state index contributed by atoms with van der Waals surface area (Å²) < 4.78 is 11.3. The number of hydrogen-bond acceptors (Lipinski definition) is 5. The lowest BCUT2D eigenvalue weighted by Gasteiger charge is -2.27. The molecule has 0 unspecified atom stereocenters. The molecule has 0 radical (unpaired) electrons. The third-order valence-electron chi connectivity index (χ3n) is 4.17. The van der Waals surface area contributed by atoms with Gasteiger partial charge in [-0.2, -0.15) is 0 Å². The van der Waals surface area contributed by atoms with Crippen LogP contribution in [0.3, 0.4) is 0 Å². The van der Waals surface area contributed by atoms with E-state index >= 15 is 0 Å².